The van der Waals surface area contributed by atoms with E-state index in [4.69, 9.17) is 0 Å². The van der Waals surface area contributed by atoms with E-state index in [0.29, 0.717) is 5.56 Å². The summed E-state index contributed by atoms with van der Waals surface area (Å²) in [6, 6.07) is 0. The molecule has 0 aliphatic rings. The Kier molecular flexibility index (Phi) is 2.51. The number of hydrogen-bond acceptors (Lipinski definition) is 2. The molecule has 1 aromatic heterocycles. The van der Waals surface area contributed by atoms with Crippen molar-refractivity contribution in [3.05, 3.63) is 38.7 Å². The summed E-state index contributed by atoms with van der Waals surface area (Å²) in [6.45, 7) is 1.82. The molecule has 0 fully saturated rings. The van der Waals surface area contributed by atoms with Crippen molar-refractivity contribution in [2.75, 3.05) is 0 Å². The highest BCUT2D eigenvalue weighted by molar-refractivity contribution is 5.45. The van der Waals surface area contributed by atoms with Gasteiger partial charge in [-0.05, 0) is 6.92 Å². The molecule has 0 aliphatic heterocycles. The van der Waals surface area contributed by atoms with Crippen molar-refractivity contribution in [1.82, 2.24) is 9.13 Å². The van der Waals surface area contributed by atoms with Crippen LogP contribution in [-0.4, -0.2) is 9.13 Å². The topological polar surface area (TPSA) is 44.0 Å². The summed E-state index contributed by atoms with van der Waals surface area (Å²) in [4.78, 5) is 22.7. The lowest BCUT2D eigenvalue weighted by Gasteiger charge is -2.02. The third-order valence-corrected chi connectivity index (χ3v) is 1.82. The van der Waals surface area contributed by atoms with Crippen molar-refractivity contribution in [2.45, 2.75) is 6.92 Å². The minimum atomic E-state index is -0.307. The first-order valence-corrected chi connectivity index (χ1v) is 3.97. The van der Waals surface area contributed by atoms with E-state index >= 15 is 0 Å². The maximum absolute atomic E-state index is 11.4. The van der Waals surface area contributed by atoms with E-state index in [1.165, 1.54) is 17.8 Å². The van der Waals surface area contributed by atoms with Crippen LogP contribution in [0.2, 0.25) is 0 Å². The third kappa shape index (κ3) is 1.61. The van der Waals surface area contributed by atoms with Crippen molar-refractivity contribution < 1.29 is 0 Å². The van der Waals surface area contributed by atoms with Crippen molar-refractivity contribution in [1.29, 1.82) is 0 Å². The van der Waals surface area contributed by atoms with Gasteiger partial charge in [-0.25, -0.2) is 4.79 Å². The van der Waals surface area contributed by atoms with Gasteiger partial charge in [0, 0.05) is 20.3 Å². The van der Waals surface area contributed by atoms with Gasteiger partial charge in [0.2, 0.25) is 0 Å². The molecule has 0 amide bonds. The molecule has 70 valence electrons. The van der Waals surface area contributed by atoms with Crippen LogP contribution in [0.4, 0.5) is 0 Å². The maximum Gasteiger partial charge on any atom is 0.330 e. The lowest BCUT2D eigenvalue weighted by Crippen LogP contribution is -2.37. The van der Waals surface area contributed by atoms with Crippen molar-refractivity contribution in [3.63, 3.8) is 0 Å². The second-order valence-electron chi connectivity index (χ2n) is 2.84. The molecule has 0 atom stereocenters. The molecule has 0 unspecified atom stereocenters. The number of nitrogens with zero attached hydrogens (tertiary/aromatic N) is 2. The predicted octanol–water partition coefficient (Wildman–Crippen LogP) is 0.117. The van der Waals surface area contributed by atoms with Crippen molar-refractivity contribution >= 4 is 6.08 Å². The van der Waals surface area contributed by atoms with Crippen LogP contribution in [0.3, 0.4) is 0 Å². The summed E-state index contributed by atoms with van der Waals surface area (Å²) < 4.78 is 2.48. The fraction of sp³-hybridized carbons (Fsp3) is 0.333. The lowest BCUT2D eigenvalue weighted by molar-refractivity contribution is 0.683. The highest BCUT2D eigenvalue weighted by Gasteiger charge is 2.02. The van der Waals surface area contributed by atoms with E-state index in [9.17, 15) is 9.59 Å². The molecule has 1 heterocycles. The standard InChI is InChI=1S/C9H12N2O2/c1-4-5-7-6-10(2)9(13)11(3)8(7)12/h4-6H,1-3H3/b5-4+. The third-order valence-electron chi connectivity index (χ3n) is 1.82. The second-order valence-corrected chi connectivity index (χ2v) is 2.84. The first kappa shape index (κ1) is 9.51. The second kappa shape index (κ2) is 3.43. The molecule has 0 saturated carbocycles. The van der Waals surface area contributed by atoms with E-state index in [1.807, 2.05) is 6.92 Å². The van der Waals surface area contributed by atoms with E-state index in [2.05, 4.69) is 0 Å². The summed E-state index contributed by atoms with van der Waals surface area (Å²) in [5.41, 5.74) is -0.0495. The zero-order chi connectivity index (χ0) is 10.0. The Morgan fingerprint density at radius 3 is 2.46 bits per heavy atom. The van der Waals surface area contributed by atoms with Crippen molar-refractivity contribution in [2.24, 2.45) is 14.1 Å². The molecule has 0 aliphatic carbocycles. The van der Waals surface area contributed by atoms with Gasteiger partial charge >= 0.3 is 5.69 Å². The first-order valence-electron chi connectivity index (χ1n) is 3.97. The number of hydrogen-bond donors (Lipinski definition) is 0. The van der Waals surface area contributed by atoms with Gasteiger partial charge in [0.05, 0.1) is 5.56 Å². The zero-order valence-corrected chi connectivity index (χ0v) is 7.94. The minimum absolute atomic E-state index is 0.263. The monoisotopic (exact) mass is 180 g/mol. The van der Waals surface area contributed by atoms with Gasteiger partial charge in [-0.1, -0.05) is 12.2 Å². The Bertz CT molecular complexity index is 452. The van der Waals surface area contributed by atoms with Crippen LogP contribution < -0.4 is 11.2 Å². The fourth-order valence-corrected chi connectivity index (χ4v) is 1.13. The van der Waals surface area contributed by atoms with Gasteiger partial charge in [-0.3, -0.25) is 9.36 Å². The van der Waals surface area contributed by atoms with Gasteiger partial charge < -0.3 is 4.57 Å². The molecule has 4 nitrogen and oxygen atoms in total. The van der Waals surface area contributed by atoms with Crippen LogP contribution in [0.1, 0.15) is 12.5 Å². The average Bonchev–Trinajstić information content (AvgIpc) is 2.11. The van der Waals surface area contributed by atoms with Crippen LogP contribution >= 0.6 is 0 Å². The quantitative estimate of drug-likeness (QED) is 0.616. The normalized spacial score (nSPS) is 11.0. The molecular formula is C9H12N2O2. The Morgan fingerprint density at radius 2 is 1.92 bits per heavy atom. The summed E-state index contributed by atoms with van der Waals surface area (Å²) in [5, 5.41) is 0. The van der Waals surface area contributed by atoms with Crippen LogP contribution in [0.25, 0.3) is 6.08 Å². The predicted molar refractivity (Wildman–Crippen MR) is 51.6 cm³/mol. The Morgan fingerprint density at radius 1 is 1.31 bits per heavy atom. The van der Waals surface area contributed by atoms with E-state index in [0.717, 1.165) is 4.57 Å². The molecule has 0 bridgehead atoms. The Labute approximate surface area is 75.7 Å². The Balaban J connectivity index is 3.60. The molecule has 1 aromatic rings. The molecule has 13 heavy (non-hydrogen) atoms. The van der Waals surface area contributed by atoms with Crippen LogP contribution in [-0.2, 0) is 14.1 Å². The van der Waals surface area contributed by atoms with Crippen molar-refractivity contribution in [3.8, 4) is 0 Å². The Hall–Kier alpha value is -1.58. The van der Waals surface area contributed by atoms with E-state index < -0.39 is 0 Å². The number of allylic oxidation sites excluding steroid dienone is 1. The highest BCUT2D eigenvalue weighted by Crippen LogP contribution is 1.90. The molecular weight excluding hydrogens is 168 g/mol. The largest absolute Gasteiger partial charge is 0.330 e. The SMILES string of the molecule is C/C=C/c1cn(C)c(=O)n(C)c1=O. The van der Waals surface area contributed by atoms with Crippen LogP contribution in [0.5, 0.6) is 0 Å². The number of aromatic nitrogens is 2. The molecule has 0 radical (unpaired) electrons. The van der Waals surface area contributed by atoms with Gasteiger partial charge in [0.15, 0.2) is 0 Å². The van der Waals surface area contributed by atoms with Crippen LogP contribution in [0.15, 0.2) is 21.9 Å². The summed E-state index contributed by atoms with van der Waals surface area (Å²) in [5.74, 6) is 0. The fourth-order valence-electron chi connectivity index (χ4n) is 1.13. The molecule has 1 rings (SSSR count). The summed E-state index contributed by atoms with van der Waals surface area (Å²) in [7, 11) is 3.09. The summed E-state index contributed by atoms with van der Waals surface area (Å²) >= 11 is 0. The zero-order valence-electron chi connectivity index (χ0n) is 7.94. The molecule has 0 aromatic carbocycles. The van der Waals surface area contributed by atoms with Gasteiger partial charge in [0.1, 0.15) is 0 Å². The summed E-state index contributed by atoms with van der Waals surface area (Å²) in [6.07, 6.45) is 4.98. The van der Waals surface area contributed by atoms with E-state index in [-0.39, 0.29) is 11.2 Å². The first-order chi connectivity index (χ1) is 6.07. The van der Waals surface area contributed by atoms with Gasteiger partial charge in [0.25, 0.3) is 5.56 Å². The number of aryl methyl sites for hydroxylation is 1. The van der Waals surface area contributed by atoms with Gasteiger partial charge in [-0.15, -0.1) is 0 Å². The average molecular weight is 180 g/mol. The van der Waals surface area contributed by atoms with Crippen LogP contribution in [0, 0.1) is 0 Å². The minimum Gasteiger partial charge on any atom is -0.303 e. The van der Waals surface area contributed by atoms with E-state index in [1.54, 1.807) is 19.2 Å². The molecule has 0 N–H and O–H groups in total. The maximum atomic E-state index is 11.4. The molecule has 0 spiro atoms. The number of rotatable bonds is 1. The van der Waals surface area contributed by atoms with Gasteiger partial charge in [-0.2, -0.15) is 0 Å². The smallest absolute Gasteiger partial charge is 0.303 e. The molecule has 4 heteroatoms. The lowest BCUT2D eigenvalue weighted by atomic mass is 10.3. The highest BCUT2D eigenvalue weighted by atomic mass is 16.2. The molecule has 0 saturated heterocycles.